The molecule has 162 valence electrons. The van der Waals surface area contributed by atoms with Crippen molar-refractivity contribution in [3.05, 3.63) is 65.6 Å². The first-order valence-electron chi connectivity index (χ1n) is 10.9. The largest absolute Gasteiger partial charge is 0.357 e. The Morgan fingerprint density at radius 3 is 2.71 bits per heavy atom. The van der Waals surface area contributed by atoms with E-state index in [0.29, 0.717) is 13.0 Å². The second-order valence-electron chi connectivity index (χ2n) is 9.13. The Morgan fingerprint density at radius 2 is 1.97 bits per heavy atom. The Morgan fingerprint density at radius 1 is 1.19 bits per heavy atom. The maximum Gasteiger partial charge on any atom is 0.239 e. The van der Waals surface area contributed by atoms with Gasteiger partial charge in [-0.05, 0) is 42.5 Å². The van der Waals surface area contributed by atoms with Gasteiger partial charge in [-0.3, -0.25) is 14.6 Å². The van der Waals surface area contributed by atoms with Gasteiger partial charge in [-0.15, -0.1) is 0 Å². The predicted octanol–water partition coefficient (Wildman–Crippen LogP) is 4.05. The summed E-state index contributed by atoms with van der Waals surface area (Å²) in [5.41, 5.74) is 4.45. The molecule has 0 spiro atoms. The number of Topliss-reactive ketones (excluding diaryl/α,β-unsaturated/α-hetero) is 1. The molecule has 4 rings (SSSR count). The van der Waals surface area contributed by atoms with Crippen molar-refractivity contribution < 1.29 is 9.59 Å². The Balaban J connectivity index is 1.64. The first-order valence-corrected chi connectivity index (χ1v) is 10.9. The van der Waals surface area contributed by atoms with E-state index in [2.05, 4.69) is 41.3 Å². The number of rotatable bonds is 5. The van der Waals surface area contributed by atoms with Gasteiger partial charge in [0.25, 0.3) is 0 Å². The summed E-state index contributed by atoms with van der Waals surface area (Å²) in [4.78, 5) is 32.5. The minimum absolute atomic E-state index is 0.0780. The van der Waals surface area contributed by atoms with Gasteiger partial charge in [0.15, 0.2) is 5.78 Å². The molecule has 6 nitrogen and oxygen atoms in total. The third-order valence-corrected chi connectivity index (χ3v) is 6.02. The van der Waals surface area contributed by atoms with Gasteiger partial charge in [0.1, 0.15) is 0 Å². The van der Waals surface area contributed by atoms with Crippen LogP contribution in [0, 0.1) is 5.41 Å². The highest BCUT2D eigenvalue weighted by atomic mass is 16.2. The average molecular weight is 419 g/mol. The molecule has 1 atom stereocenters. The monoisotopic (exact) mass is 418 g/mol. The van der Waals surface area contributed by atoms with Crippen LogP contribution in [0.1, 0.15) is 45.7 Å². The van der Waals surface area contributed by atoms with Gasteiger partial charge in [-0.25, -0.2) is 0 Å². The summed E-state index contributed by atoms with van der Waals surface area (Å²) in [5.74, 6) is 0.0869. The highest BCUT2D eigenvalue weighted by Gasteiger charge is 2.40. The summed E-state index contributed by atoms with van der Waals surface area (Å²) >= 11 is 0. The van der Waals surface area contributed by atoms with E-state index in [4.69, 9.17) is 0 Å². The van der Waals surface area contributed by atoms with Crippen LogP contribution in [0.2, 0.25) is 0 Å². The second-order valence-corrected chi connectivity index (χ2v) is 9.13. The van der Waals surface area contributed by atoms with E-state index in [0.717, 1.165) is 41.2 Å². The number of anilines is 2. The molecule has 0 saturated heterocycles. The lowest BCUT2D eigenvalue weighted by Crippen LogP contribution is -2.46. The van der Waals surface area contributed by atoms with Gasteiger partial charge in [0, 0.05) is 23.9 Å². The standard InChI is InChI=1S/C25H30N4O2/c1-4-20-24-19(13-25(2,3)14-22(24)30)28-18-10-5-6-11-21(18)29(20)16-23(31)27-15-17-9-7-8-12-26-17/h5-12,20,28H,4,13-16H2,1-3H3,(H,27,31)/t20-/m1/s1. The van der Waals surface area contributed by atoms with E-state index in [-0.39, 0.29) is 29.7 Å². The number of para-hydroxylation sites is 2. The fourth-order valence-corrected chi connectivity index (χ4v) is 4.67. The topological polar surface area (TPSA) is 74.3 Å². The summed E-state index contributed by atoms with van der Waals surface area (Å²) in [6, 6.07) is 13.5. The zero-order valence-electron chi connectivity index (χ0n) is 18.4. The first-order chi connectivity index (χ1) is 14.9. The van der Waals surface area contributed by atoms with Crippen molar-refractivity contribution in [3.8, 4) is 0 Å². The van der Waals surface area contributed by atoms with Crippen LogP contribution in [-0.2, 0) is 16.1 Å². The van der Waals surface area contributed by atoms with E-state index < -0.39 is 0 Å². The number of aromatic nitrogens is 1. The molecule has 2 heterocycles. The van der Waals surface area contributed by atoms with Crippen molar-refractivity contribution in [2.75, 3.05) is 16.8 Å². The van der Waals surface area contributed by atoms with Crippen molar-refractivity contribution in [2.24, 2.45) is 5.41 Å². The first kappa shape index (κ1) is 21.1. The Labute approximate surface area is 183 Å². The van der Waals surface area contributed by atoms with Gasteiger partial charge in [0.2, 0.25) is 5.91 Å². The molecule has 1 aliphatic heterocycles. The van der Waals surface area contributed by atoms with Crippen LogP contribution in [0.15, 0.2) is 59.9 Å². The zero-order chi connectivity index (χ0) is 22.0. The van der Waals surface area contributed by atoms with Gasteiger partial charge < -0.3 is 15.5 Å². The minimum atomic E-state index is -0.143. The molecule has 31 heavy (non-hydrogen) atoms. The number of hydrogen-bond donors (Lipinski definition) is 2. The van der Waals surface area contributed by atoms with Crippen molar-refractivity contribution in [3.63, 3.8) is 0 Å². The van der Waals surface area contributed by atoms with E-state index in [1.54, 1.807) is 6.20 Å². The summed E-state index contributed by atoms with van der Waals surface area (Å²) < 4.78 is 0. The molecule has 1 aliphatic carbocycles. The molecule has 1 amide bonds. The SMILES string of the molecule is CC[C@@H]1C2=C(CC(C)(C)CC2=O)Nc2ccccc2N1CC(=O)NCc1ccccn1. The van der Waals surface area contributed by atoms with Crippen molar-refractivity contribution in [1.29, 1.82) is 0 Å². The number of hydrogen-bond acceptors (Lipinski definition) is 5. The summed E-state index contributed by atoms with van der Waals surface area (Å²) in [6.07, 6.45) is 3.81. The molecule has 0 radical (unpaired) electrons. The number of pyridine rings is 1. The molecule has 2 aromatic rings. The normalized spacial score (nSPS) is 19.8. The van der Waals surface area contributed by atoms with E-state index in [1.807, 2.05) is 42.5 Å². The fourth-order valence-electron chi connectivity index (χ4n) is 4.67. The summed E-state index contributed by atoms with van der Waals surface area (Å²) in [5, 5.41) is 6.52. The molecular formula is C25H30N4O2. The molecule has 6 heteroatoms. The molecule has 0 fully saturated rings. The number of allylic oxidation sites excluding steroid dienone is 1. The van der Waals surface area contributed by atoms with E-state index in [9.17, 15) is 9.59 Å². The molecule has 0 bridgehead atoms. The minimum Gasteiger partial charge on any atom is -0.357 e. The molecule has 2 aliphatic rings. The van der Waals surface area contributed by atoms with E-state index in [1.165, 1.54) is 0 Å². The number of nitrogens with zero attached hydrogens (tertiary/aromatic N) is 2. The number of benzene rings is 1. The van der Waals surface area contributed by atoms with E-state index >= 15 is 0 Å². The smallest absolute Gasteiger partial charge is 0.239 e. The zero-order valence-corrected chi connectivity index (χ0v) is 18.4. The van der Waals surface area contributed by atoms with Crippen LogP contribution in [0.25, 0.3) is 0 Å². The van der Waals surface area contributed by atoms with Gasteiger partial charge >= 0.3 is 0 Å². The number of carbonyl (C=O) groups excluding carboxylic acids is 2. The second kappa shape index (κ2) is 8.53. The maximum absolute atomic E-state index is 13.2. The third kappa shape index (κ3) is 4.48. The lowest BCUT2D eigenvalue weighted by atomic mass is 9.74. The van der Waals surface area contributed by atoms with Crippen molar-refractivity contribution >= 4 is 23.1 Å². The predicted molar refractivity (Wildman–Crippen MR) is 123 cm³/mol. The van der Waals surface area contributed by atoms with Crippen molar-refractivity contribution in [2.45, 2.75) is 52.6 Å². The summed E-state index contributed by atoms with van der Waals surface area (Å²) in [6.45, 7) is 6.91. The number of fused-ring (bicyclic) bond motifs is 1. The highest BCUT2D eigenvalue weighted by molar-refractivity contribution is 6.01. The maximum atomic E-state index is 13.2. The number of nitrogens with one attached hydrogen (secondary N) is 2. The molecular weight excluding hydrogens is 388 g/mol. The van der Waals surface area contributed by atoms with Crippen LogP contribution in [0.4, 0.5) is 11.4 Å². The number of carbonyl (C=O) groups is 2. The average Bonchev–Trinajstić information content (AvgIpc) is 2.86. The molecule has 0 unspecified atom stereocenters. The fraction of sp³-hybridized carbons (Fsp3) is 0.400. The van der Waals surface area contributed by atoms with Crippen LogP contribution in [0.3, 0.4) is 0 Å². The molecule has 1 aromatic heterocycles. The Bertz CT molecular complexity index is 1010. The molecule has 2 N–H and O–H groups in total. The Hall–Kier alpha value is -3.15. The molecule has 1 aromatic carbocycles. The van der Waals surface area contributed by atoms with Crippen LogP contribution < -0.4 is 15.5 Å². The third-order valence-electron chi connectivity index (χ3n) is 6.02. The number of amides is 1. The highest BCUT2D eigenvalue weighted by Crippen LogP contribution is 2.44. The van der Waals surface area contributed by atoms with Gasteiger partial charge in [-0.1, -0.05) is 39.0 Å². The van der Waals surface area contributed by atoms with Crippen LogP contribution in [0.5, 0.6) is 0 Å². The quantitative estimate of drug-likeness (QED) is 0.766. The lowest BCUT2D eigenvalue weighted by Gasteiger charge is -2.37. The van der Waals surface area contributed by atoms with Crippen molar-refractivity contribution in [1.82, 2.24) is 10.3 Å². The van der Waals surface area contributed by atoms with Crippen LogP contribution in [-0.4, -0.2) is 29.3 Å². The summed E-state index contributed by atoms with van der Waals surface area (Å²) in [7, 11) is 0. The van der Waals surface area contributed by atoms with Gasteiger partial charge in [0.05, 0.1) is 36.2 Å². The van der Waals surface area contributed by atoms with Gasteiger partial charge in [-0.2, -0.15) is 0 Å². The number of ketones is 1. The Kier molecular flexibility index (Phi) is 5.81. The van der Waals surface area contributed by atoms with Crippen LogP contribution >= 0.6 is 0 Å². The molecule has 0 saturated carbocycles. The lowest BCUT2D eigenvalue weighted by molar-refractivity contribution is -0.121.